The molecule has 0 atom stereocenters. The standard InChI is InChI=1S/C78H61B2N7/c1-4-28-54(29-5-1)85-67-48-69-63(79-61-34-14-22-52-26-18-40-83(77(52)61)71-42-57(81-38-16-24-50-20-10-12-36-65(50)81)44-73(75(71)79)86(69)55-30-6-2-7-31-55)46-59(67)60-47-64-70(49-68(60)85)87(56-32-8-3-9-33-56)74-45-58(82-39-17-25-51-21-11-13-37-66(51)82)43-72-76(74)80(64)62-35-15-23-53-27-19-41-84(72)78(53)62/h1-15,20-23,28-37,42-49H,16-19,24-27,38-41H2. The summed E-state index contributed by atoms with van der Waals surface area (Å²) in [6, 6.07) is 87.2. The summed E-state index contributed by atoms with van der Waals surface area (Å²) in [6.07, 6.45) is 8.89. The average molecular weight is 1120 g/mol. The number of aryl methyl sites for hydroxylation is 4. The molecule has 0 aliphatic carbocycles. The number of fused-ring (bicyclic) bond motifs is 13. The van der Waals surface area contributed by atoms with Gasteiger partial charge in [-0.1, -0.05) is 140 Å². The van der Waals surface area contributed by atoms with Crippen LogP contribution in [-0.4, -0.2) is 44.2 Å². The Morgan fingerprint density at radius 1 is 0.264 bits per heavy atom. The Morgan fingerprint density at radius 3 is 1.10 bits per heavy atom. The second kappa shape index (κ2) is 18.3. The van der Waals surface area contributed by atoms with Gasteiger partial charge in [0.15, 0.2) is 0 Å². The van der Waals surface area contributed by atoms with Gasteiger partial charge in [-0.3, -0.25) is 0 Å². The van der Waals surface area contributed by atoms with E-state index in [9.17, 15) is 0 Å². The van der Waals surface area contributed by atoms with Crippen LogP contribution in [0.1, 0.15) is 47.9 Å². The molecule has 8 aliphatic rings. The van der Waals surface area contributed by atoms with Crippen molar-refractivity contribution in [1.82, 2.24) is 4.57 Å². The van der Waals surface area contributed by atoms with E-state index in [2.05, 4.69) is 258 Å². The van der Waals surface area contributed by atoms with Gasteiger partial charge in [-0.15, -0.1) is 0 Å². The van der Waals surface area contributed by atoms with Gasteiger partial charge in [0.1, 0.15) is 0 Å². The summed E-state index contributed by atoms with van der Waals surface area (Å²) in [5, 5.41) is 2.57. The Bertz CT molecular complexity index is 4620. The highest BCUT2D eigenvalue weighted by Gasteiger charge is 2.48. The summed E-state index contributed by atoms with van der Waals surface area (Å²) >= 11 is 0. The second-order valence-electron chi connectivity index (χ2n) is 25.5. The molecular weight excluding hydrogens is 1060 g/mol. The summed E-state index contributed by atoms with van der Waals surface area (Å²) in [7, 11) is 0. The first-order valence-electron chi connectivity index (χ1n) is 32.0. The molecule has 0 radical (unpaired) electrons. The quantitative estimate of drug-likeness (QED) is 0.159. The average Bonchev–Trinajstić information content (AvgIpc) is 1.65. The van der Waals surface area contributed by atoms with E-state index in [1.54, 1.807) is 0 Å². The van der Waals surface area contributed by atoms with E-state index < -0.39 is 0 Å². The Hall–Kier alpha value is -9.85. The maximum absolute atomic E-state index is 2.72. The first kappa shape index (κ1) is 48.4. The monoisotopic (exact) mass is 1120 g/mol. The number of hydrogen-bond acceptors (Lipinski definition) is 6. The fourth-order valence-electron chi connectivity index (χ4n) is 17.6. The Balaban J connectivity index is 0.890. The molecular formula is C78H61B2N7. The van der Waals surface area contributed by atoms with Gasteiger partial charge in [0.2, 0.25) is 0 Å². The van der Waals surface area contributed by atoms with Crippen LogP contribution in [0.15, 0.2) is 224 Å². The van der Waals surface area contributed by atoms with Crippen LogP contribution in [0, 0.1) is 0 Å². The highest BCUT2D eigenvalue weighted by Crippen LogP contribution is 2.52. The molecule has 7 nitrogen and oxygen atoms in total. The van der Waals surface area contributed by atoms with Gasteiger partial charge in [-0.05, 0) is 191 Å². The third-order valence-electron chi connectivity index (χ3n) is 21.1. The lowest BCUT2D eigenvalue weighted by atomic mass is 9.33. The first-order chi connectivity index (χ1) is 43.2. The van der Waals surface area contributed by atoms with Gasteiger partial charge in [0.25, 0.3) is 13.4 Å². The summed E-state index contributed by atoms with van der Waals surface area (Å²) in [6.45, 7) is 3.99. The van der Waals surface area contributed by atoms with Crippen molar-refractivity contribution in [2.24, 2.45) is 0 Å². The van der Waals surface area contributed by atoms with Crippen molar-refractivity contribution < 1.29 is 0 Å². The zero-order chi connectivity index (χ0) is 56.6. The highest BCUT2D eigenvalue weighted by atomic mass is 15.2. The van der Waals surface area contributed by atoms with Gasteiger partial charge < -0.3 is 34.0 Å². The predicted molar refractivity (Wildman–Crippen MR) is 367 cm³/mol. The molecule has 11 aromatic carbocycles. The zero-order valence-electron chi connectivity index (χ0n) is 48.6. The third kappa shape index (κ3) is 6.80. The fraction of sp³-hybridized carbons (Fsp3) is 0.154. The van der Waals surface area contributed by atoms with E-state index in [4.69, 9.17) is 0 Å². The lowest BCUT2D eigenvalue weighted by molar-refractivity contribution is 0.762. The predicted octanol–water partition coefficient (Wildman–Crippen LogP) is 14.3. The molecule has 20 rings (SSSR count). The minimum absolute atomic E-state index is 0.0124. The maximum Gasteiger partial charge on any atom is 0.252 e. The molecule has 87 heavy (non-hydrogen) atoms. The van der Waals surface area contributed by atoms with E-state index in [0.29, 0.717) is 0 Å². The molecule has 0 amide bonds. The molecule has 0 spiro atoms. The van der Waals surface area contributed by atoms with E-state index in [1.165, 1.54) is 156 Å². The normalized spacial score (nSPS) is 16.2. The highest BCUT2D eigenvalue weighted by molar-refractivity contribution is 7.01. The maximum atomic E-state index is 2.72. The Kier molecular flexibility index (Phi) is 10.2. The van der Waals surface area contributed by atoms with Crippen molar-refractivity contribution in [2.45, 2.75) is 51.4 Å². The molecule has 0 saturated heterocycles. The minimum Gasteiger partial charge on any atom is -0.342 e. The summed E-state index contributed by atoms with van der Waals surface area (Å²) in [5.74, 6) is 0. The van der Waals surface area contributed by atoms with E-state index in [-0.39, 0.29) is 13.4 Å². The Labute approximate surface area is 508 Å². The molecule has 8 aliphatic heterocycles. The molecule has 9 heterocycles. The molecule has 9 heteroatoms. The molecule has 0 bridgehead atoms. The van der Waals surface area contributed by atoms with Gasteiger partial charge in [-0.25, -0.2) is 0 Å². The molecule has 0 N–H and O–H groups in total. The van der Waals surface area contributed by atoms with Crippen molar-refractivity contribution >= 4 is 148 Å². The number of anilines is 14. The summed E-state index contributed by atoms with van der Waals surface area (Å²) in [5.41, 5.74) is 35.8. The van der Waals surface area contributed by atoms with Gasteiger partial charge in [0.05, 0.1) is 11.0 Å². The van der Waals surface area contributed by atoms with Gasteiger partial charge >= 0.3 is 0 Å². The van der Waals surface area contributed by atoms with E-state index in [0.717, 1.165) is 83.2 Å². The van der Waals surface area contributed by atoms with Crippen molar-refractivity contribution in [3.05, 3.63) is 247 Å². The molecule has 414 valence electrons. The molecule has 0 unspecified atom stereocenters. The fourth-order valence-corrected chi connectivity index (χ4v) is 17.6. The van der Waals surface area contributed by atoms with Crippen molar-refractivity contribution in [3.63, 3.8) is 0 Å². The van der Waals surface area contributed by atoms with Crippen molar-refractivity contribution in [3.8, 4) is 5.69 Å². The topological polar surface area (TPSA) is 24.4 Å². The number of rotatable bonds is 5. The number of para-hydroxylation sites is 7. The van der Waals surface area contributed by atoms with E-state index in [1.807, 2.05) is 0 Å². The van der Waals surface area contributed by atoms with Crippen molar-refractivity contribution in [1.29, 1.82) is 0 Å². The SMILES string of the molecule is c1ccc(N2c3cc4c(cc3B3c5cccc6c5N(CCC6)c5cc(N6CCCc7ccccc76)cc2c53)c2cc3c(cc2n4-c2ccccc2)N(c2ccccc2)c2cc(N4CCCc5ccccc54)cc4c2B3c2cccc3c2N4CCC3)cc1. The molecule has 0 saturated carbocycles. The minimum atomic E-state index is 0.0124. The van der Waals surface area contributed by atoms with Crippen LogP contribution in [0.5, 0.6) is 0 Å². The van der Waals surface area contributed by atoms with Crippen LogP contribution in [0.3, 0.4) is 0 Å². The molecule has 0 fully saturated rings. The van der Waals surface area contributed by atoms with Crippen LogP contribution in [0.4, 0.5) is 79.6 Å². The van der Waals surface area contributed by atoms with Crippen LogP contribution in [0.25, 0.3) is 27.5 Å². The number of nitrogens with zero attached hydrogens (tertiary/aromatic N) is 7. The van der Waals surface area contributed by atoms with Crippen LogP contribution in [0.2, 0.25) is 0 Å². The van der Waals surface area contributed by atoms with Crippen LogP contribution >= 0.6 is 0 Å². The Morgan fingerprint density at radius 2 is 0.644 bits per heavy atom. The smallest absolute Gasteiger partial charge is 0.252 e. The summed E-state index contributed by atoms with van der Waals surface area (Å²) in [4.78, 5) is 16.0. The summed E-state index contributed by atoms with van der Waals surface area (Å²) < 4.78 is 2.60. The zero-order valence-corrected chi connectivity index (χ0v) is 48.6. The third-order valence-corrected chi connectivity index (χ3v) is 21.1. The van der Waals surface area contributed by atoms with Gasteiger partial charge in [-0.2, -0.15) is 0 Å². The van der Waals surface area contributed by atoms with Crippen LogP contribution < -0.4 is 62.2 Å². The molecule has 12 aromatic rings. The lowest BCUT2D eigenvalue weighted by Gasteiger charge is -2.47. The van der Waals surface area contributed by atoms with Crippen LogP contribution in [-0.2, 0) is 25.7 Å². The number of hydrogen-bond donors (Lipinski definition) is 0. The molecule has 1 aromatic heterocycles. The second-order valence-corrected chi connectivity index (χ2v) is 25.5. The first-order valence-corrected chi connectivity index (χ1v) is 32.0. The lowest BCUT2D eigenvalue weighted by Crippen LogP contribution is -2.62. The van der Waals surface area contributed by atoms with E-state index >= 15 is 0 Å². The largest absolute Gasteiger partial charge is 0.342 e. The number of aromatic nitrogens is 1. The number of benzene rings is 11. The van der Waals surface area contributed by atoms with Crippen molar-refractivity contribution in [2.75, 3.05) is 55.6 Å². The van der Waals surface area contributed by atoms with Gasteiger partial charge in [0, 0.05) is 122 Å².